The molecule has 1 aliphatic rings. The van der Waals surface area contributed by atoms with Gasteiger partial charge in [0.15, 0.2) is 31.2 Å². The van der Waals surface area contributed by atoms with Gasteiger partial charge in [0.1, 0.15) is 18.3 Å². The van der Waals surface area contributed by atoms with Crippen LogP contribution < -0.4 is 11.2 Å². The highest BCUT2D eigenvalue weighted by Gasteiger charge is 2.51. The Labute approximate surface area is 195 Å². The van der Waals surface area contributed by atoms with Gasteiger partial charge in [-0.2, -0.15) is 0 Å². The molecule has 32 heavy (non-hydrogen) atoms. The van der Waals surface area contributed by atoms with Crippen LogP contribution in [0.3, 0.4) is 0 Å². The van der Waals surface area contributed by atoms with E-state index in [2.05, 4.69) is 78.1 Å². The van der Waals surface area contributed by atoms with Crippen molar-refractivity contribution in [3.8, 4) is 0 Å². The molecular weight excluding hydrogens is 460 g/mol. The zero-order chi connectivity index (χ0) is 24.7. The molecular formula is C21H42N2O6Si3. The number of H-pyrrole nitrogens is 1. The summed E-state index contributed by atoms with van der Waals surface area (Å²) in [6, 6.07) is 1.32. The van der Waals surface area contributed by atoms with E-state index >= 15 is 0 Å². The first-order valence-electron chi connectivity index (χ1n) is 11.3. The highest BCUT2D eigenvalue weighted by Crippen LogP contribution is 2.40. The number of aromatic amines is 1. The van der Waals surface area contributed by atoms with Crippen molar-refractivity contribution in [3.63, 3.8) is 0 Å². The summed E-state index contributed by atoms with van der Waals surface area (Å²) >= 11 is 0. The number of hydrogen-bond acceptors (Lipinski definition) is 6. The zero-order valence-electron chi connectivity index (χ0n) is 21.6. The van der Waals surface area contributed by atoms with Crippen molar-refractivity contribution in [2.24, 2.45) is 0 Å². The average Bonchev–Trinajstić information content (AvgIpc) is 2.86. The van der Waals surface area contributed by atoms with E-state index in [0.29, 0.717) is 6.61 Å². The van der Waals surface area contributed by atoms with Gasteiger partial charge in [-0.25, -0.2) is 4.79 Å². The summed E-state index contributed by atoms with van der Waals surface area (Å²) < 4.78 is 27.5. The number of nitrogens with one attached hydrogen (secondary N) is 1. The standard InChI is InChI=1S/C21H42N2O6Si3/c1-21(2,3)32(10,11)26-14-15-17(28-30(4,5)6)18(29-31(7,8)9)19(27-15)23-13-12-16(24)22-20(23)25/h12-13,15,17-19H,14H2,1-11H3,(H,22,24,25)/t15-,17-,18-,19-/m1/s1. The van der Waals surface area contributed by atoms with Crippen molar-refractivity contribution < 1.29 is 18.0 Å². The zero-order valence-corrected chi connectivity index (χ0v) is 24.6. The average molecular weight is 503 g/mol. The Balaban J connectivity index is 2.47. The minimum atomic E-state index is -2.03. The molecule has 0 bridgehead atoms. The molecule has 0 aliphatic carbocycles. The van der Waals surface area contributed by atoms with Crippen molar-refractivity contribution in [2.75, 3.05) is 6.61 Å². The summed E-state index contributed by atoms with van der Waals surface area (Å²) in [4.78, 5) is 26.6. The molecule has 0 unspecified atom stereocenters. The molecule has 184 valence electrons. The Kier molecular flexibility index (Phi) is 8.08. The Morgan fingerprint density at radius 3 is 1.97 bits per heavy atom. The smallest absolute Gasteiger partial charge is 0.330 e. The summed E-state index contributed by atoms with van der Waals surface area (Å²) in [7, 11) is -6.03. The molecule has 0 saturated carbocycles. The van der Waals surface area contributed by atoms with E-state index in [9.17, 15) is 9.59 Å². The lowest BCUT2D eigenvalue weighted by Gasteiger charge is -2.38. The summed E-state index contributed by atoms with van der Waals surface area (Å²) in [5.41, 5.74) is -0.969. The van der Waals surface area contributed by atoms with Crippen molar-refractivity contribution in [2.45, 2.75) is 103 Å². The maximum Gasteiger partial charge on any atom is 0.330 e. The van der Waals surface area contributed by atoms with Gasteiger partial charge in [0, 0.05) is 12.3 Å². The van der Waals surface area contributed by atoms with Gasteiger partial charge in [-0.05, 0) is 57.4 Å². The predicted molar refractivity (Wildman–Crippen MR) is 135 cm³/mol. The van der Waals surface area contributed by atoms with Crippen LogP contribution in [-0.4, -0.2) is 59.4 Å². The first kappa shape index (κ1) is 27.4. The predicted octanol–water partition coefficient (Wildman–Crippen LogP) is 3.90. The van der Waals surface area contributed by atoms with Gasteiger partial charge in [0.05, 0.1) is 6.61 Å². The highest BCUT2D eigenvalue weighted by molar-refractivity contribution is 6.74. The third-order valence-corrected chi connectivity index (χ3v) is 12.3. The lowest BCUT2D eigenvalue weighted by molar-refractivity contribution is -0.0503. The molecule has 1 aromatic heterocycles. The lowest BCUT2D eigenvalue weighted by Crippen LogP contribution is -2.50. The Morgan fingerprint density at radius 1 is 0.969 bits per heavy atom. The molecule has 11 heteroatoms. The van der Waals surface area contributed by atoms with E-state index < -0.39 is 48.5 Å². The van der Waals surface area contributed by atoms with Crippen LogP contribution in [-0.2, 0) is 18.0 Å². The molecule has 1 aromatic rings. The number of nitrogens with zero attached hydrogens (tertiary/aromatic N) is 1. The second-order valence-electron chi connectivity index (χ2n) is 12.0. The fourth-order valence-corrected chi connectivity index (χ4v) is 6.47. The number of hydrogen-bond donors (Lipinski definition) is 1. The Morgan fingerprint density at radius 2 is 1.50 bits per heavy atom. The number of ether oxygens (including phenoxy) is 1. The van der Waals surface area contributed by atoms with Gasteiger partial charge in [-0.15, -0.1) is 0 Å². The van der Waals surface area contributed by atoms with E-state index in [-0.39, 0.29) is 17.2 Å². The first-order chi connectivity index (χ1) is 14.3. The topological polar surface area (TPSA) is 91.8 Å². The van der Waals surface area contributed by atoms with Gasteiger partial charge in [-0.1, -0.05) is 20.8 Å². The lowest BCUT2D eigenvalue weighted by atomic mass is 10.1. The maximum absolute atomic E-state index is 12.6. The normalized spacial score (nSPS) is 25.3. The van der Waals surface area contributed by atoms with E-state index in [0.717, 1.165) is 0 Å². The Bertz CT molecular complexity index is 895. The molecule has 1 saturated heterocycles. The van der Waals surface area contributed by atoms with E-state index in [1.165, 1.54) is 16.8 Å². The van der Waals surface area contributed by atoms with Crippen LogP contribution >= 0.6 is 0 Å². The van der Waals surface area contributed by atoms with Crippen LogP contribution in [0.1, 0.15) is 27.0 Å². The van der Waals surface area contributed by atoms with Crippen LogP contribution in [0.4, 0.5) is 0 Å². The third-order valence-electron chi connectivity index (χ3n) is 5.80. The van der Waals surface area contributed by atoms with Crippen LogP contribution in [0.2, 0.25) is 57.4 Å². The summed E-state index contributed by atoms with van der Waals surface area (Å²) in [6.07, 6.45) is -0.483. The first-order valence-corrected chi connectivity index (χ1v) is 21.0. The van der Waals surface area contributed by atoms with E-state index in [1.54, 1.807) is 0 Å². The molecule has 4 atom stereocenters. The van der Waals surface area contributed by atoms with E-state index in [4.69, 9.17) is 18.0 Å². The fourth-order valence-electron chi connectivity index (χ4n) is 3.29. The van der Waals surface area contributed by atoms with Gasteiger partial charge in [0.25, 0.3) is 5.56 Å². The molecule has 2 heterocycles. The largest absolute Gasteiger partial charge is 0.414 e. The maximum atomic E-state index is 12.6. The fraction of sp³-hybridized carbons (Fsp3) is 0.810. The second-order valence-corrected chi connectivity index (χ2v) is 25.8. The molecule has 1 N–H and O–H groups in total. The minimum absolute atomic E-state index is 0.0597. The quantitative estimate of drug-likeness (QED) is 0.542. The molecule has 0 amide bonds. The van der Waals surface area contributed by atoms with Crippen LogP contribution in [0.5, 0.6) is 0 Å². The molecule has 0 aromatic carbocycles. The van der Waals surface area contributed by atoms with Crippen molar-refractivity contribution in [1.82, 2.24) is 9.55 Å². The summed E-state index contributed by atoms with van der Waals surface area (Å²) in [5, 5.41) is 0.0597. The van der Waals surface area contributed by atoms with Crippen LogP contribution in [0.15, 0.2) is 21.9 Å². The molecule has 1 fully saturated rings. The number of rotatable bonds is 8. The van der Waals surface area contributed by atoms with Crippen LogP contribution in [0, 0.1) is 0 Å². The highest BCUT2D eigenvalue weighted by atomic mass is 28.4. The van der Waals surface area contributed by atoms with Crippen molar-refractivity contribution >= 4 is 25.0 Å². The molecule has 0 spiro atoms. The van der Waals surface area contributed by atoms with Gasteiger partial charge in [-0.3, -0.25) is 14.3 Å². The van der Waals surface area contributed by atoms with Crippen molar-refractivity contribution in [3.05, 3.63) is 33.1 Å². The van der Waals surface area contributed by atoms with E-state index in [1.807, 2.05) is 0 Å². The molecule has 2 rings (SSSR count). The molecule has 0 radical (unpaired) electrons. The molecule has 1 aliphatic heterocycles. The number of aromatic nitrogens is 2. The van der Waals surface area contributed by atoms with Gasteiger partial charge < -0.3 is 18.0 Å². The SMILES string of the molecule is CC(C)(C)[Si](C)(C)OC[C@H]1O[C@@H](n2ccc(=O)[nH]c2=O)[C@H](O[Si](C)(C)C)[C@@H]1O[Si](C)(C)C. The second kappa shape index (κ2) is 9.43. The minimum Gasteiger partial charge on any atom is -0.414 e. The van der Waals surface area contributed by atoms with Gasteiger partial charge in [0.2, 0.25) is 0 Å². The molecule has 8 nitrogen and oxygen atoms in total. The summed E-state index contributed by atoms with van der Waals surface area (Å²) in [6.45, 7) is 24.1. The third kappa shape index (κ3) is 7.08. The van der Waals surface area contributed by atoms with Crippen molar-refractivity contribution in [1.29, 1.82) is 0 Å². The summed E-state index contributed by atoms with van der Waals surface area (Å²) in [5.74, 6) is 0. The Hall–Kier alpha value is -0.829. The van der Waals surface area contributed by atoms with Gasteiger partial charge >= 0.3 is 5.69 Å². The monoisotopic (exact) mass is 502 g/mol. The van der Waals surface area contributed by atoms with Crippen LogP contribution in [0.25, 0.3) is 0 Å².